The monoisotopic (exact) mass is 307 g/mol. The van der Waals surface area contributed by atoms with Gasteiger partial charge < -0.3 is 9.64 Å². The summed E-state index contributed by atoms with van der Waals surface area (Å²) in [6.07, 6.45) is 3.69. The van der Waals surface area contributed by atoms with Crippen molar-refractivity contribution in [3.63, 3.8) is 0 Å². The van der Waals surface area contributed by atoms with Crippen LogP contribution in [0.4, 0.5) is 5.95 Å². The van der Waals surface area contributed by atoms with Crippen LogP contribution in [0.5, 0.6) is 0 Å². The highest BCUT2D eigenvalue weighted by Gasteiger charge is 2.34. The molecule has 0 radical (unpaired) electrons. The number of aromatic nitrogens is 3. The topological polar surface area (TPSA) is 100 Å². The van der Waals surface area contributed by atoms with Gasteiger partial charge in [-0.1, -0.05) is 6.42 Å². The van der Waals surface area contributed by atoms with E-state index >= 15 is 0 Å². The molecular weight excluding hydrogens is 286 g/mol. The lowest BCUT2D eigenvalue weighted by Crippen LogP contribution is -2.31. The van der Waals surface area contributed by atoms with Gasteiger partial charge in [0.05, 0.1) is 12.5 Å². The minimum absolute atomic E-state index is 0.0117. The Labute approximate surface area is 128 Å². The molecule has 0 bridgehead atoms. The number of anilines is 1. The van der Waals surface area contributed by atoms with E-state index in [1.54, 1.807) is 12.0 Å². The molecule has 1 atom stereocenters. The zero-order valence-electron chi connectivity index (χ0n) is 12.7. The van der Waals surface area contributed by atoms with Crippen LogP contribution in [0.1, 0.15) is 37.4 Å². The van der Waals surface area contributed by atoms with Crippen molar-refractivity contribution in [2.45, 2.75) is 31.6 Å². The molecule has 1 unspecified atom stereocenters. The van der Waals surface area contributed by atoms with E-state index in [-0.39, 0.29) is 24.2 Å². The maximum Gasteiger partial charge on any atom is 0.248 e. The number of H-pyrrole nitrogens is 1. The summed E-state index contributed by atoms with van der Waals surface area (Å²) in [7, 11) is 1.59. The molecule has 22 heavy (non-hydrogen) atoms. The van der Waals surface area contributed by atoms with Crippen LogP contribution in [0.2, 0.25) is 0 Å². The molecule has 8 heteroatoms. The summed E-state index contributed by atoms with van der Waals surface area (Å²) in [6, 6.07) is 0. The molecule has 1 saturated heterocycles. The summed E-state index contributed by atoms with van der Waals surface area (Å²) in [5, 5.41) is 9.61. The molecule has 2 N–H and O–H groups in total. The first-order valence-electron chi connectivity index (χ1n) is 7.67. The van der Waals surface area contributed by atoms with Gasteiger partial charge in [0.1, 0.15) is 5.82 Å². The second kappa shape index (κ2) is 6.43. The quantitative estimate of drug-likeness (QED) is 0.797. The fraction of sp³-hybridized carbons (Fsp3) is 0.714. The van der Waals surface area contributed by atoms with E-state index in [0.717, 1.165) is 18.7 Å². The van der Waals surface area contributed by atoms with Gasteiger partial charge in [0.25, 0.3) is 0 Å². The highest BCUT2D eigenvalue weighted by Crippen LogP contribution is 2.34. The summed E-state index contributed by atoms with van der Waals surface area (Å²) < 4.78 is 4.97. The van der Waals surface area contributed by atoms with Crippen molar-refractivity contribution in [1.82, 2.24) is 20.1 Å². The molecule has 2 amide bonds. The predicted octanol–water partition coefficient (Wildman–Crippen LogP) is 0.506. The third-order valence-electron chi connectivity index (χ3n) is 4.38. The van der Waals surface area contributed by atoms with E-state index in [9.17, 15) is 9.59 Å². The van der Waals surface area contributed by atoms with Crippen LogP contribution < -0.4 is 5.32 Å². The Kier molecular flexibility index (Phi) is 4.37. The Hall–Kier alpha value is -1.96. The van der Waals surface area contributed by atoms with Crippen molar-refractivity contribution in [2.75, 3.05) is 32.1 Å². The molecule has 1 aromatic heterocycles. The van der Waals surface area contributed by atoms with Gasteiger partial charge in [0.2, 0.25) is 17.8 Å². The number of hydrogen-bond donors (Lipinski definition) is 2. The normalized spacial score (nSPS) is 22.0. The standard InChI is InChI=1S/C14H21N5O3/c1-22-6-5-19-8-10(7-11(19)20)13(21)16-14-15-12(17-18-14)9-3-2-4-9/h9-10H,2-8H2,1H3,(H2,15,16,17,18,21). The Morgan fingerprint density at radius 3 is 3.00 bits per heavy atom. The third kappa shape index (κ3) is 3.11. The Morgan fingerprint density at radius 2 is 2.32 bits per heavy atom. The minimum atomic E-state index is -0.352. The van der Waals surface area contributed by atoms with Crippen LogP contribution in [-0.2, 0) is 14.3 Å². The van der Waals surface area contributed by atoms with Gasteiger partial charge in [-0.15, -0.1) is 5.10 Å². The van der Waals surface area contributed by atoms with Gasteiger partial charge in [-0.3, -0.25) is 20.0 Å². The fourth-order valence-electron chi connectivity index (χ4n) is 2.77. The Balaban J connectivity index is 1.53. The zero-order chi connectivity index (χ0) is 15.5. The van der Waals surface area contributed by atoms with Crippen LogP contribution in [0, 0.1) is 5.92 Å². The molecule has 120 valence electrons. The van der Waals surface area contributed by atoms with Crippen molar-refractivity contribution in [3.05, 3.63) is 5.82 Å². The average molecular weight is 307 g/mol. The molecule has 2 heterocycles. The maximum atomic E-state index is 12.2. The number of hydrogen-bond acceptors (Lipinski definition) is 5. The van der Waals surface area contributed by atoms with Crippen LogP contribution >= 0.6 is 0 Å². The van der Waals surface area contributed by atoms with Crippen molar-refractivity contribution in [3.8, 4) is 0 Å². The summed E-state index contributed by atoms with van der Waals surface area (Å²) in [6.45, 7) is 1.42. The molecule has 2 aliphatic rings. The number of nitrogens with zero attached hydrogens (tertiary/aromatic N) is 3. The van der Waals surface area contributed by atoms with Gasteiger partial charge in [0, 0.05) is 32.5 Å². The molecule has 1 saturated carbocycles. The third-order valence-corrected chi connectivity index (χ3v) is 4.38. The largest absolute Gasteiger partial charge is 0.383 e. The predicted molar refractivity (Wildman–Crippen MR) is 78.2 cm³/mol. The van der Waals surface area contributed by atoms with Crippen molar-refractivity contribution < 1.29 is 14.3 Å². The number of amides is 2. The summed E-state index contributed by atoms with van der Waals surface area (Å²) in [5.74, 6) is 1.01. The first kappa shape index (κ1) is 15.0. The number of methoxy groups -OCH3 is 1. The van der Waals surface area contributed by atoms with Gasteiger partial charge in [-0.05, 0) is 12.8 Å². The summed E-state index contributed by atoms with van der Waals surface area (Å²) in [5.41, 5.74) is 0. The lowest BCUT2D eigenvalue weighted by atomic mass is 9.85. The number of likely N-dealkylation sites (tertiary alicyclic amines) is 1. The second-order valence-electron chi connectivity index (χ2n) is 5.89. The molecule has 1 aliphatic heterocycles. The number of rotatable bonds is 6. The molecule has 1 aromatic rings. The fourth-order valence-corrected chi connectivity index (χ4v) is 2.77. The van der Waals surface area contributed by atoms with E-state index in [0.29, 0.717) is 31.6 Å². The second-order valence-corrected chi connectivity index (χ2v) is 5.89. The highest BCUT2D eigenvalue weighted by molar-refractivity contribution is 5.96. The molecular formula is C14H21N5O3. The van der Waals surface area contributed by atoms with Crippen molar-refractivity contribution >= 4 is 17.8 Å². The summed E-state index contributed by atoms with van der Waals surface area (Å²) >= 11 is 0. The minimum Gasteiger partial charge on any atom is -0.383 e. The Morgan fingerprint density at radius 1 is 1.50 bits per heavy atom. The number of carbonyl (C=O) groups is 2. The van der Waals surface area contributed by atoms with Gasteiger partial charge in [-0.25, -0.2) is 0 Å². The van der Waals surface area contributed by atoms with E-state index < -0.39 is 0 Å². The van der Waals surface area contributed by atoms with Gasteiger partial charge in [-0.2, -0.15) is 4.98 Å². The maximum absolute atomic E-state index is 12.2. The molecule has 0 spiro atoms. The Bertz CT molecular complexity index is 554. The first-order chi connectivity index (χ1) is 10.7. The molecule has 8 nitrogen and oxygen atoms in total. The van der Waals surface area contributed by atoms with E-state index in [1.165, 1.54) is 6.42 Å². The van der Waals surface area contributed by atoms with Crippen molar-refractivity contribution in [2.24, 2.45) is 5.92 Å². The highest BCUT2D eigenvalue weighted by atomic mass is 16.5. The van der Waals surface area contributed by atoms with E-state index in [2.05, 4.69) is 20.5 Å². The van der Waals surface area contributed by atoms with Crippen LogP contribution in [0.15, 0.2) is 0 Å². The first-order valence-corrected chi connectivity index (χ1v) is 7.67. The van der Waals surface area contributed by atoms with Gasteiger partial charge >= 0.3 is 0 Å². The molecule has 2 fully saturated rings. The summed E-state index contributed by atoms with van der Waals surface area (Å²) in [4.78, 5) is 30.0. The average Bonchev–Trinajstić information content (AvgIpc) is 3.02. The SMILES string of the molecule is COCCN1CC(C(=O)Nc2n[nH]c(C3CCC3)n2)CC1=O. The van der Waals surface area contributed by atoms with Crippen LogP contribution in [0.3, 0.4) is 0 Å². The number of carbonyl (C=O) groups excluding carboxylic acids is 2. The zero-order valence-corrected chi connectivity index (χ0v) is 12.7. The number of ether oxygens (including phenoxy) is 1. The lowest BCUT2D eigenvalue weighted by Gasteiger charge is -2.22. The van der Waals surface area contributed by atoms with Crippen molar-refractivity contribution in [1.29, 1.82) is 0 Å². The molecule has 1 aliphatic carbocycles. The van der Waals surface area contributed by atoms with Gasteiger partial charge in [0.15, 0.2) is 0 Å². The van der Waals surface area contributed by atoms with Crippen LogP contribution in [0.25, 0.3) is 0 Å². The number of nitrogens with one attached hydrogen (secondary N) is 2. The van der Waals surface area contributed by atoms with Crippen LogP contribution in [-0.4, -0.2) is 58.7 Å². The number of aromatic amines is 1. The molecule has 0 aromatic carbocycles. The smallest absolute Gasteiger partial charge is 0.248 e. The van der Waals surface area contributed by atoms with E-state index in [1.807, 2.05) is 0 Å². The lowest BCUT2D eigenvalue weighted by molar-refractivity contribution is -0.128. The molecule has 3 rings (SSSR count). The van der Waals surface area contributed by atoms with E-state index in [4.69, 9.17) is 4.74 Å².